The Bertz CT molecular complexity index is 1550. The molecule has 1 aromatic carbocycles. The van der Waals surface area contributed by atoms with Crippen LogP contribution in [0, 0.1) is 5.92 Å². The summed E-state index contributed by atoms with van der Waals surface area (Å²) in [6.07, 6.45) is 9.09. The molecule has 3 N–H and O–H groups in total. The molecule has 0 radical (unpaired) electrons. The maximum atomic E-state index is 13.3. The second-order valence-electron chi connectivity index (χ2n) is 12.9. The van der Waals surface area contributed by atoms with Gasteiger partial charge in [0.05, 0.1) is 17.6 Å². The number of aromatic amines is 1. The largest absolute Gasteiger partial charge is 0.464 e. The first kappa shape index (κ1) is 41.6. The smallest absolute Gasteiger partial charge is 0.408 e. The number of benzene rings is 1. The van der Waals surface area contributed by atoms with Crippen molar-refractivity contribution in [2.75, 3.05) is 19.7 Å². The summed E-state index contributed by atoms with van der Waals surface area (Å²) >= 11 is 0. The van der Waals surface area contributed by atoms with Crippen LogP contribution in [0.25, 0.3) is 11.0 Å². The van der Waals surface area contributed by atoms with E-state index < -0.39 is 52.8 Å². The molecule has 3 amide bonds. The third kappa shape index (κ3) is 13.0. The van der Waals surface area contributed by atoms with Crippen molar-refractivity contribution in [1.82, 2.24) is 25.5 Å². The summed E-state index contributed by atoms with van der Waals surface area (Å²) in [7, 11) is 0. The van der Waals surface area contributed by atoms with Gasteiger partial charge in [-0.3, -0.25) is 14.4 Å². The van der Waals surface area contributed by atoms with Gasteiger partial charge in [0.25, 0.3) is 5.56 Å². The molecule has 0 aliphatic carbocycles. The Morgan fingerprint density at radius 2 is 1.86 bits per heavy atom. The van der Waals surface area contributed by atoms with Gasteiger partial charge < -0.3 is 30.0 Å². The number of esters is 1. The van der Waals surface area contributed by atoms with Crippen molar-refractivity contribution < 1.29 is 37.4 Å². The van der Waals surface area contributed by atoms with Crippen molar-refractivity contribution in [3.05, 3.63) is 65.1 Å². The van der Waals surface area contributed by atoms with E-state index in [0.29, 0.717) is 36.5 Å². The number of rotatable bonds is 14. The van der Waals surface area contributed by atoms with Crippen LogP contribution in [0.15, 0.2) is 53.9 Å². The van der Waals surface area contributed by atoms with E-state index in [1.165, 1.54) is 4.90 Å². The van der Waals surface area contributed by atoms with Crippen LogP contribution in [0.2, 0.25) is 0 Å². The van der Waals surface area contributed by atoms with Gasteiger partial charge in [0, 0.05) is 12.5 Å². The minimum Gasteiger partial charge on any atom is -0.464 e. The van der Waals surface area contributed by atoms with Gasteiger partial charge in [0.15, 0.2) is 5.69 Å². The van der Waals surface area contributed by atoms with E-state index in [-0.39, 0.29) is 25.0 Å². The molecule has 12 nitrogen and oxygen atoms in total. The average molecular weight is 704 g/mol. The number of aromatic nitrogens is 2. The fraction of sp³-hybridized carbons (Fsp3) is 0.556. The first-order chi connectivity index (χ1) is 23.5. The summed E-state index contributed by atoms with van der Waals surface area (Å²) in [5, 5.41) is 5.25. The van der Waals surface area contributed by atoms with Gasteiger partial charge in [-0.05, 0) is 71.6 Å². The van der Waals surface area contributed by atoms with Crippen LogP contribution in [0.1, 0.15) is 85.8 Å². The lowest BCUT2D eigenvalue weighted by Gasteiger charge is -2.28. The number of nitrogens with zero attached hydrogens (tertiary/aromatic N) is 2. The SMILES string of the molecule is C=CC(F)(F)c1nc2ccccc2[nH]c1=O.CCCCC/C=C\C(C)C(NC(=O)C1CCCN1C(=O)CNC(=O)OC(C)(C)C)C(=O)OCC. The summed E-state index contributed by atoms with van der Waals surface area (Å²) < 4.78 is 36.9. The second kappa shape index (κ2) is 19.5. The zero-order valence-electron chi connectivity index (χ0n) is 29.9. The minimum absolute atomic E-state index is 0.211. The molecule has 0 spiro atoms. The first-order valence-corrected chi connectivity index (χ1v) is 17.0. The Hall–Kier alpha value is -4.62. The number of para-hydroxylation sites is 2. The lowest BCUT2D eigenvalue weighted by Crippen LogP contribution is -2.54. The Morgan fingerprint density at radius 3 is 2.50 bits per heavy atom. The van der Waals surface area contributed by atoms with Gasteiger partial charge in [0.2, 0.25) is 11.8 Å². The molecule has 1 fully saturated rings. The molecule has 3 unspecified atom stereocenters. The fourth-order valence-corrected chi connectivity index (χ4v) is 5.07. The number of halogens is 2. The van der Waals surface area contributed by atoms with Crippen molar-refractivity contribution in [3.63, 3.8) is 0 Å². The number of allylic oxidation sites excluding steroid dienone is 2. The highest BCUT2D eigenvalue weighted by Crippen LogP contribution is 2.25. The maximum absolute atomic E-state index is 13.3. The summed E-state index contributed by atoms with van der Waals surface area (Å²) in [6.45, 7) is 14.3. The summed E-state index contributed by atoms with van der Waals surface area (Å²) in [5.41, 5.74) is -1.66. The fourth-order valence-electron chi connectivity index (χ4n) is 5.07. The number of amides is 3. The van der Waals surface area contributed by atoms with Crippen LogP contribution in [-0.2, 0) is 29.8 Å². The normalized spacial score (nSPS) is 15.8. The van der Waals surface area contributed by atoms with E-state index in [9.17, 15) is 32.8 Å². The molecule has 3 rings (SSSR count). The average Bonchev–Trinajstić information content (AvgIpc) is 3.55. The van der Waals surface area contributed by atoms with Crippen LogP contribution < -0.4 is 16.2 Å². The van der Waals surface area contributed by atoms with Gasteiger partial charge >= 0.3 is 18.0 Å². The number of carbonyl (C=O) groups is 4. The third-order valence-corrected chi connectivity index (χ3v) is 7.61. The number of nitrogens with one attached hydrogen (secondary N) is 3. The van der Waals surface area contributed by atoms with Crippen molar-refractivity contribution >= 4 is 34.9 Å². The number of hydrogen-bond donors (Lipinski definition) is 3. The molecule has 276 valence electrons. The molecule has 3 atom stereocenters. The van der Waals surface area contributed by atoms with Crippen LogP contribution in [-0.4, -0.2) is 76.1 Å². The Labute approximate surface area is 292 Å². The number of carbonyl (C=O) groups excluding carboxylic acids is 4. The number of unbranched alkanes of at least 4 members (excludes halogenated alkanes) is 3. The predicted molar refractivity (Wildman–Crippen MR) is 186 cm³/mol. The number of hydrogen-bond acceptors (Lipinski definition) is 8. The van der Waals surface area contributed by atoms with Gasteiger partial charge in [-0.15, -0.1) is 0 Å². The highest BCUT2D eigenvalue weighted by molar-refractivity contribution is 5.92. The Balaban J connectivity index is 0.000000446. The topological polar surface area (TPSA) is 160 Å². The van der Waals surface area contributed by atoms with Crippen molar-refractivity contribution in [2.24, 2.45) is 5.92 Å². The number of alkyl carbamates (subject to hydrolysis) is 1. The van der Waals surface area contributed by atoms with Gasteiger partial charge in [-0.2, -0.15) is 8.78 Å². The zero-order valence-corrected chi connectivity index (χ0v) is 29.9. The summed E-state index contributed by atoms with van der Waals surface area (Å²) in [6, 6.07) is 4.94. The van der Waals surface area contributed by atoms with Crippen LogP contribution in [0.4, 0.5) is 13.6 Å². The number of ether oxygens (including phenoxy) is 2. The minimum atomic E-state index is -3.42. The number of alkyl halides is 2. The summed E-state index contributed by atoms with van der Waals surface area (Å²) in [4.78, 5) is 69.0. The number of H-pyrrole nitrogens is 1. The number of fused-ring (bicyclic) bond motifs is 1. The predicted octanol–water partition coefficient (Wildman–Crippen LogP) is 5.52. The standard InChI is InChI=1S/C25H43N3O6.C11H8F2N2O/c1-7-9-10-11-12-14-18(3)21(23(31)33-8-2)27-22(30)19-15-13-16-28(19)20(29)17-26-24(32)34-25(4,5)6;1-2-11(12,13)9-10(16)15-8-6-4-3-5-7(8)14-9/h12,14,18-19,21H,7-11,13,15-17H2,1-6H3,(H,26,32)(H,27,30);2-6H,1H2,(H,15,16)/b14-12-;. The third-order valence-electron chi connectivity index (χ3n) is 7.61. The monoisotopic (exact) mass is 703 g/mol. The highest BCUT2D eigenvalue weighted by atomic mass is 19.3. The van der Waals surface area contributed by atoms with Gasteiger partial charge in [-0.1, -0.05) is 57.6 Å². The molecular formula is C36H51F2N5O7. The molecule has 14 heteroatoms. The van der Waals surface area contributed by atoms with Crippen LogP contribution >= 0.6 is 0 Å². The van der Waals surface area contributed by atoms with Crippen molar-refractivity contribution in [2.45, 2.75) is 104 Å². The van der Waals surface area contributed by atoms with E-state index >= 15 is 0 Å². The van der Waals surface area contributed by atoms with Crippen LogP contribution in [0.3, 0.4) is 0 Å². The molecule has 1 aliphatic rings. The van der Waals surface area contributed by atoms with Crippen molar-refractivity contribution in [3.8, 4) is 0 Å². The number of likely N-dealkylation sites (tertiary alicyclic amines) is 1. The quantitative estimate of drug-likeness (QED) is 0.132. The van der Waals surface area contributed by atoms with E-state index in [1.807, 2.05) is 19.1 Å². The lowest BCUT2D eigenvalue weighted by atomic mass is 9.99. The molecule has 50 heavy (non-hydrogen) atoms. The molecule has 1 aliphatic heterocycles. The molecule has 2 aromatic rings. The Kier molecular flexibility index (Phi) is 16.2. The molecule has 0 bridgehead atoms. The first-order valence-electron chi connectivity index (χ1n) is 17.0. The van der Waals surface area contributed by atoms with Gasteiger partial charge in [-0.25, -0.2) is 14.6 Å². The molecule has 1 saturated heterocycles. The zero-order chi connectivity index (χ0) is 37.5. The summed E-state index contributed by atoms with van der Waals surface area (Å²) in [5.74, 6) is -4.95. The molecule has 1 aromatic heterocycles. The molecular weight excluding hydrogens is 652 g/mol. The van der Waals surface area contributed by atoms with Gasteiger partial charge in [0.1, 0.15) is 24.2 Å². The van der Waals surface area contributed by atoms with E-state index in [4.69, 9.17) is 9.47 Å². The molecule has 0 saturated carbocycles. The lowest BCUT2D eigenvalue weighted by molar-refractivity contribution is -0.149. The van der Waals surface area contributed by atoms with E-state index in [0.717, 1.165) is 25.7 Å². The maximum Gasteiger partial charge on any atom is 0.408 e. The van der Waals surface area contributed by atoms with E-state index in [1.54, 1.807) is 52.0 Å². The van der Waals surface area contributed by atoms with Crippen LogP contribution in [0.5, 0.6) is 0 Å². The second-order valence-corrected chi connectivity index (χ2v) is 12.9. The highest BCUT2D eigenvalue weighted by Gasteiger charge is 2.37. The molecule has 2 heterocycles. The Morgan fingerprint density at radius 1 is 1.16 bits per heavy atom. The van der Waals surface area contributed by atoms with E-state index in [2.05, 4.69) is 34.1 Å². The van der Waals surface area contributed by atoms with Crippen molar-refractivity contribution in [1.29, 1.82) is 0 Å².